The van der Waals surface area contributed by atoms with Crippen molar-refractivity contribution in [2.75, 3.05) is 19.6 Å². The number of aromatic nitrogens is 2. The van der Waals surface area contributed by atoms with Gasteiger partial charge in [-0.05, 0) is 12.5 Å². The molecule has 1 fully saturated rings. The predicted molar refractivity (Wildman–Crippen MR) is 80.1 cm³/mol. The molecule has 0 N–H and O–H groups in total. The van der Waals surface area contributed by atoms with Crippen LogP contribution in [0.3, 0.4) is 0 Å². The summed E-state index contributed by atoms with van der Waals surface area (Å²) in [5.41, 5.74) is -1.22. The maximum absolute atomic E-state index is 12.7. The number of carbonyl (C=O) groups is 2. The molecule has 1 aliphatic heterocycles. The molecule has 9 heteroatoms. The zero-order valence-corrected chi connectivity index (χ0v) is 13.5. The van der Waals surface area contributed by atoms with Crippen LogP contribution >= 0.6 is 0 Å². The molecular formula is C15H19F3N4O2. The van der Waals surface area contributed by atoms with Crippen LogP contribution in [0.25, 0.3) is 0 Å². The van der Waals surface area contributed by atoms with Crippen LogP contribution < -0.4 is 0 Å². The van der Waals surface area contributed by atoms with Gasteiger partial charge in [-0.25, -0.2) is 0 Å². The minimum absolute atomic E-state index is 0.124. The highest BCUT2D eigenvalue weighted by molar-refractivity contribution is 5.93. The van der Waals surface area contributed by atoms with Gasteiger partial charge in [0.05, 0.1) is 0 Å². The van der Waals surface area contributed by atoms with E-state index in [-0.39, 0.29) is 30.7 Å². The van der Waals surface area contributed by atoms with Gasteiger partial charge < -0.3 is 9.80 Å². The van der Waals surface area contributed by atoms with E-state index in [1.165, 1.54) is 18.0 Å². The number of aryl methyl sites for hydroxylation is 1. The fourth-order valence-electron chi connectivity index (χ4n) is 2.76. The van der Waals surface area contributed by atoms with Crippen molar-refractivity contribution in [2.24, 2.45) is 7.05 Å². The van der Waals surface area contributed by atoms with Gasteiger partial charge in [-0.15, -0.1) is 0 Å². The standard InChI is InChI=1S/C15H19F3N4O2/c1-4-10-9-21(6-7-22(10)13(23)5-2)14(24)11-8-12(15(16,17)18)19-20(11)3/h5,8,10H,2,4,6-7,9H2,1,3H3/t10-/m0/s1. The van der Waals surface area contributed by atoms with E-state index in [4.69, 9.17) is 0 Å². The summed E-state index contributed by atoms with van der Waals surface area (Å²) in [5, 5.41) is 3.36. The van der Waals surface area contributed by atoms with Crippen molar-refractivity contribution < 1.29 is 22.8 Å². The number of rotatable bonds is 3. The smallest absolute Gasteiger partial charge is 0.333 e. The number of carbonyl (C=O) groups excluding carboxylic acids is 2. The van der Waals surface area contributed by atoms with Crippen LogP contribution in [0.4, 0.5) is 13.2 Å². The molecule has 1 aromatic rings. The number of nitrogens with zero attached hydrogens (tertiary/aromatic N) is 4. The summed E-state index contributed by atoms with van der Waals surface area (Å²) in [4.78, 5) is 27.4. The molecule has 0 aliphatic carbocycles. The summed E-state index contributed by atoms with van der Waals surface area (Å²) in [6.45, 7) is 6.17. The van der Waals surface area contributed by atoms with Crippen LogP contribution in [0, 0.1) is 0 Å². The van der Waals surface area contributed by atoms with Crippen molar-refractivity contribution in [3.63, 3.8) is 0 Å². The topological polar surface area (TPSA) is 58.4 Å². The molecule has 24 heavy (non-hydrogen) atoms. The summed E-state index contributed by atoms with van der Waals surface area (Å²) in [5.74, 6) is -0.738. The Morgan fingerprint density at radius 3 is 2.58 bits per heavy atom. The van der Waals surface area contributed by atoms with E-state index in [0.29, 0.717) is 13.0 Å². The van der Waals surface area contributed by atoms with Gasteiger partial charge in [-0.2, -0.15) is 18.3 Å². The van der Waals surface area contributed by atoms with Gasteiger partial charge >= 0.3 is 6.18 Å². The van der Waals surface area contributed by atoms with Crippen molar-refractivity contribution in [1.29, 1.82) is 0 Å². The highest BCUT2D eigenvalue weighted by Gasteiger charge is 2.37. The minimum Gasteiger partial charge on any atom is -0.333 e. The molecule has 2 rings (SSSR count). The van der Waals surface area contributed by atoms with Gasteiger partial charge in [-0.1, -0.05) is 13.5 Å². The fraction of sp³-hybridized carbons (Fsp3) is 0.533. The second-order valence-electron chi connectivity index (χ2n) is 5.59. The molecular weight excluding hydrogens is 325 g/mol. The molecule has 0 aromatic carbocycles. The molecule has 0 unspecified atom stereocenters. The third kappa shape index (κ3) is 3.44. The predicted octanol–water partition coefficient (Wildman–Crippen LogP) is 1.69. The lowest BCUT2D eigenvalue weighted by Gasteiger charge is -2.40. The van der Waals surface area contributed by atoms with E-state index in [0.717, 1.165) is 10.7 Å². The Balaban J connectivity index is 2.18. The fourth-order valence-corrected chi connectivity index (χ4v) is 2.76. The molecule has 1 aliphatic rings. The third-order valence-electron chi connectivity index (χ3n) is 4.09. The Bertz CT molecular complexity index is 654. The Morgan fingerprint density at radius 2 is 2.08 bits per heavy atom. The number of piperazine rings is 1. The van der Waals surface area contributed by atoms with Crippen molar-refractivity contribution in [2.45, 2.75) is 25.6 Å². The van der Waals surface area contributed by atoms with Crippen LogP contribution in [0.2, 0.25) is 0 Å². The maximum atomic E-state index is 12.7. The zero-order chi connectivity index (χ0) is 18.1. The Hall–Kier alpha value is -2.32. The van der Waals surface area contributed by atoms with Crippen molar-refractivity contribution in [3.05, 3.63) is 30.1 Å². The van der Waals surface area contributed by atoms with E-state index in [2.05, 4.69) is 11.7 Å². The molecule has 132 valence electrons. The van der Waals surface area contributed by atoms with E-state index < -0.39 is 17.8 Å². The molecule has 0 spiro atoms. The number of alkyl halides is 3. The number of hydrogen-bond donors (Lipinski definition) is 0. The highest BCUT2D eigenvalue weighted by Crippen LogP contribution is 2.28. The third-order valence-corrected chi connectivity index (χ3v) is 4.09. The highest BCUT2D eigenvalue weighted by atomic mass is 19.4. The van der Waals surface area contributed by atoms with Crippen LogP contribution in [0.15, 0.2) is 18.7 Å². The first-order valence-electron chi connectivity index (χ1n) is 7.52. The number of halogens is 3. The molecule has 1 atom stereocenters. The van der Waals surface area contributed by atoms with Crippen molar-refractivity contribution in [3.8, 4) is 0 Å². The van der Waals surface area contributed by atoms with Crippen LogP contribution in [-0.4, -0.2) is 57.1 Å². The zero-order valence-electron chi connectivity index (χ0n) is 13.5. The average Bonchev–Trinajstić information content (AvgIpc) is 2.94. The Morgan fingerprint density at radius 1 is 1.42 bits per heavy atom. The SMILES string of the molecule is C=CC(=O)N1CCN(C(=O)c2cc(C(F)(F)F)nn2C)C[C@@H]1CC. The number of hydrogen-bond acceptors (Lipinski definition) is 3. The van der Waals surface area contributed by atoms with Crippen LogP contribution in [0.5, 0.6) is 0 Å². The molecule has 6 nitrogen and oxygen atoms in total. The Kier molecular flexibility index (Phi) is 5.00. The summed E-state index contributed by atoms with van der Waals surface area (Å²) >= 11 is 0. The van der Waals surface area contributed by atoms with Crippen LogP contribution in [0.1, 0.15) is 29.5 Å². The first-order valence-corrected chi connectivity index (χ1v) is 7.52. The molecule has 2 amide bonds. The van der Waals surface area contributed by atoms with Gasteiger partial charge in [0.15, 0.2) is 5.69 Å². The Labute approximate surface area is 137 Å². The lowest BCUT2D eigenvalue weighted by molar-refractivity contribution is -0.141. The first kappa shape index (κ1) is 18.0. The first-order chi connectivity index (χ1) is 11.2. The second kappa shape index (κ2) is 6.66. The van der Waals surface area contributed by atoms with E-state index in [1.807, 2.05) is 6.92 Å². The maximum Gasteiger partial charge on any atom is 0.435 e. The van der Waals surface area contributed by atoms with Crippen molar-refractivity contribution >= 4 is 11.8 Å². The van der Waals surface area contributed by atoms with E-state index >= 15 is 0 Å². The lowest BCUT2D eigenvalue weighted by atomic mass is 10.1. The van der Waals surface area contributed by atoms with Gasteiger partial charge in [0.1, 0.15) is 5.69 Å². The summed E-state index contributed by atoms with van der Waals surface area (Å²) < 4.78 is 39.1. The normalized spacial score (nSPS) is 18.6. The second-order valence-corrected chi connectivity index (χ2v) is 5.59. The molecule has 1 saturated heterocycles. The van der Waals surface area contributed by atoms with E-state index in [1.54, 1.807) is 4.90 Å². The average molecular weight is 344 g/mol. The molecule has 2 heterocycles. The van der Waals surface area contributed by atoms with Gasteiger partial charge in [-0.3, -0.25) is 14.3 Å². The summed E-state index contributed by atoms with van der Waals surface area (Å²) in [7, 11) is 1.30. The minimum atomic E-state index is -4.60. The quantitative estimate of drug-likeness (QED) is 0.784. The van der Waals surface area contributed by atoms with Gasteiger partial charge in [0.2, 0.25) is 5.91 Å². The molecule has 0 radical (unpaired) electrons. The number of amides is 2. The monoisotopic (exact) mass is 344 g/mol. The summed E-state index contributed by atoms with van der Waals surface area (Å²) in [6, 6.07) is 0.563. The van der Waals surface area contributed by atoms with Crippen molar-refractivity contribution in [1.82, 2.24) is 19.6 Å². The summed E-state index contributed by atoms with van der Waals surface area (Å²) in [6.07, 6.45) is -2.75. The van der Waals surface area contributed by atoms with Gasteiger partial charge in [0.25, 0.3) is 5.91 Å². The van der Waals surface area contributed by atoms with Gasteiger partial charge in [0, 0.05) is 38.8 Å². The molecule has 0 saturated carbocycles. The van der Waals surface area contributed by atoms with Crippen LogP contribution in [-0.2, 0) is 18.0 Å². The molecule has 0 bridgehead atoms. The van der Waals surface area contributed by atoms with E-state index in [9.17, 15) is 22.8 Å². The molecule has 1 aromatic heterocycles. The largest absolute Gasteiger partial charge is 0.435 e. The lowest BCUT2D eigenvalue weighted by Crippen LogP contribution is -2.56.